The van der Waals surface area contributed by atoms with Crippen molar-refractivity contribution in [3.05, 3.63) is 0 Å². The second-order valence-electron chi connectivity index (χ2n) is 12.3. The highest BCUT2D eigenvalue weighted by atomic mass is 16.5. The molecule has 0 unspecified atom stereocenters. The van der Waals surface area contributed by atoms with Crippen LogP contribution in [0.1, 0.15) is 81.1 Å². The fraction of sp³-hybridized carbons (Fsp3) is 0.792. The molecule has 10 heteroatoms. The zero-order chi connectivity index (χ0) is 25.4. The van der Waals surface area contributed by atoms with E-state index in [1.807, 2.05) is 0 Å². The van der Waals surface area contributed by atoms with Crippen molar-refractivity contribution in [1.82, 2.24) is 25.6 Å². The summed E-state index contributed by atoms with van der Waals surface area (Å²) in [4.78, 5) is 29.3. The largest absolute Gasteiger partial charge is 0.465 e. The second kappa shape index (κ2) is 9.37. The van der Waals surface area contributed by atoms with E-state index in [1.54, 1.807) is 0 Å². The summed E-state index contributed by atoms with van der Waals surface area (Å²) in [7, 11) is 1.31. The smallest absolute Gasteiger partial charge is 0.349 e. The van der Waals surface area contributed by atoms with Gasteiger partial charge < -0.3 is 26.0 Å². The predicted octanol–water partition coefficient (Wildman–Crippen LogP) is 3.19. The van der Waals surface area contributed by atoms with E-state index in [0.29, 0.717) is 11.9 Å². The van der Waals surface area contributed by atoms with E-state index in [4.69, 9.17) is 0 Å². The molecule has 2 fully saturated rings. The average molecular weight is 475 g/mol. The number of carbonyl (C=O) groups is 1. The summed E-state index contributed by atoms with van der Waals surface area (Å²) >= 11 is 0. The lowest BCUT2D eigenvalue weighted by Gasteiger charge is -2.46. The van der Waals surface area contributed by atoms with Crippen LogP contribution in [0.2, 0.25) is 0 Å². The number of nitrogens with one attached hydrogen (secondary N) is 4. The van der Waals surface area contributed by atoms with Crippen LogP contribution in [0.4, 0.5) is 17.8 Å². The van der Waals surface area contributed by atoms with Gasteiger partial charge in [-0.25, -0.2) is 9.79 Å². The second-order valence-corrected chi connectivity index (χ2v) is 12.3. The van der Waals surface area contributed by atoms with Crippen LogP contribution >= 0.6 is 0 Å². The number of rotatable bonds is 6. The van der Waals surface area contributed by atoms with E-state index in [-0.39, 0.29) is 40.2 Å². The first-order chi connectivity index (χ1) is 15.6. The molecule has 3 rings (SSSR count). The minimum absolute atomic E-state index is 0.0222. The monoisotopic (exact) mass is 474 g/mol. The summed E-state index contributed by atoms with van der Waals surface area (Å²) in [6.45, 7) is 17.6. The number of aliphatic imine (C=N–C) groups is 1. The number of hydrogen-bond acceptors (Lipinski definition) is 10. The van der Waals surface area contributed by atoms with Crippen LogP contribution in [-0.4, -0.2) is 68.5 Å². The van der Waals surface area contributed by atoms with Crippen molar-refractivity contribution in [1.29, 1.82) is 0 Å². The molecule has 2 saturated heterocycles. The minimum Gasteiger partial charge on any atom is -0.465 e. The van der Waals surface area contributed by atoms with Gasteiger partial charge in [-0.05, 0) is 81.1 Å². The zero-order valence-corrected chi connectivity index (χ0v) is 22.2. The highest BCUT2D eigenvalue weighted by Crippen LogP contribution is 2.32. The summed E-state index contributed by atoms with van der Waals surface area (Å²) in [5, 5.41) is 14.4. The molecular formula is C24H42N8O2. The van der Waals surface area contributed by atoms with Gasteiger partial charge in [-0.1, -0.05) is 0 Å². The molecule has 0 atom stereocenters. The Morgan fingerprint density at radius 1 is 0.824 bits per heavy atom. The molecule has 10 nitrogen and oxygen atoms in total. The van der Waals surface area contributed by atoms with Gasteiger partial charge in [0.1, 0.15) is 6.21 Å². The maximum absolute atomic E-state index is 11.6. The first-order valence-corrected chi connectivity index (χ1v) is 12.1. The molecule has 0 radical (unpaired) electrons. The molecule has 0 aromatic carbocycles. The van der Waals surface area contributed by atoms with Gasteiger partial charge in [0, 0.05) is 34.2 Å². The van der Waals surface area contributed by atoms with Crippen molar-refractivity contribution in [2.24, 2.45) is 4.99 Å². The highest BCUT2D eigenvalue weighted by molar-refractivity contribution is 6.23. The van der Waals surface area contributed by atoms with Crippen LogP contribution in [0.5, 0.6) is 0 Å². The van der Waals surface area contributed by atoms with E-state index in [0.717, 1.165) is 31.9 Å². The van der Waals surface area contributed by atoms with Gasteiger partial charge in [0.15, 0.2) is 0 Å². The van der Waals surface area contributed by atoms with E-state index < -0.39 is 5.97 Å². The number of aromatic nitrogens is 3. The third-order valence-corrected chi connectivity index (χ3v) is 6.16. The lowest BCUT2D eigenvalue weighted by molar-refractivity contribution is -0.132. The fourth-order valence-electron chi connectivity index (χ4n) is 5.93. The van der Waals surface area contributed by atoms with E-state index >= 15 is 0 Å². The van der Waals surface area contributed by atoms with Crippen LogP contribution in [0.25, 0.3) is 0 Å². The van der Waals surface area contributed by atoms with Crippen LogP contribution < -0.4 is 21.3 Å². The first kappa shape index (κ1) is 26.3. The molecular weight excluding hydrogens is 432 g/mol. The van der Waals surface area contributed by atoms with Crippen molar-refractivity contribution in [3.63, 3.8) is 0 Å². The Balaban J connectivity index is 1.87. The Kier molecular flexibility index (Phi) is 7.24. The Labute approximate surface area is 203 Å². The summed E-state index contributed by atoms with van der Waals surface area (Å²) in [6.07, 6.45) is 4.76. The molecule has 0 bridgehead atoms. The molecule has 2 aliphatic heterocycles. The molecule has 0 aliphatic carbocycles. The van der Waals surface area contributed by atoms with Crippen molar-refractivity contribution in [2.75, 3.05) is 17.7 Å². The van der Waals surface area contributed by atoms with Gasteiger partial charge in [-0.3, -0.25) is 0 Å². The highest BCUT2D eigenvalue weighted by Gasteiger charge is 2.39. The van der Waals surface area contributed by atoms with Gasteiger partial charge >= 0.3 is 5.97 Å². The van der Waals surface area contributed by atoms with Gasteiger partial charge in [0.2, 0.25) is 11.9 Å². The van der Waals surface area contributed by atoms with Crippen LogP contribution in [0.15, 0.2) is 4.99 Å². The lowest BCUT2D eigenvalue weighted by Crippen LogP contribution is -2.60. The van der Waals surface area contributed by atoms with Crippen molar-refractivity contribution in [3.8, 4) is 0 Å². The molecule has 2 aliphatic rings. The molecule has 1 aromatic rings. The van der Waals surface area contributed by atoms with E-state index in [9.17, 15) is 4.79 Å². The Morgan fingerprint density at radius 2 is 1.21 bits per heavy atom. The Morgan fingerprint density at radius 3 is 1.56 bits per heavy atom. The van der Waals surface area contributed by atoms with Crippen LogP contribution in [-0.2, 0) is 9.53 Å². The number of esters is 1. The summed E-state index contributed by atoms with van der Waals surface area (Å²) in [6, 6.07) is 0.353. The number of nitrogens with zero attached hydrogens (tertiary/aromatic N) is 4. The molecule has 190 valence electrons. The third-order valence-electron chi connectivity index (χ3n) is 6.16. The standard InChI is InChI=1S/C24H42N8O2/c1-21(2)10-15(11-22(3,4)31-21)26-19-28-18(25-14-17(33)34-9)29-20(30-19)27-16-12-23(5,6)32-24(7,8)13-16/h14-16,31-32H,10-13H2,1-9H3,(H2,26,27,28,29,30)/b25-14+. The SMILES string of the molecule is COC(=O)/C=N/c1nc(NC2CC(C)(C)NC(C)(C)C2)nc(NC2CC(C)(C)NC(C)(C)C2)n1. The molecule has 0 amide bonds. The molecule has 34 heavy (non-hydrogen) atoms. The van der Waals surface area contributed by atoms with Gasteiger partial charge in [-0.2, -0.15) is 15.0 Å². The predicted molar refractivity (Wildman–Crippen MR) is 136 cm³/mol. The van der Waals surface area contributed by atoms with Crippen LogP contribution in [0.3, 0.4) is 0 Å². The topological polar surface area (TPSA) is 125 Å². The molecule has 1 aromatic heterocycles. The van der Waals surface area contributed by atoms with Crippen LogP contribution in [0, 0.1) is 0 Å². The third kappa shape index (κ3) is 7.59. The van der Waals surface area contributed by atoms with Gasteiger partial charge in [0.05, 0.1) is 7.11 Å². The van der Waals surface area contributed by atoms with Crippen molar-refractivity contribution in [2.45, 2.75) is 115 Å². The maximum Gasteiger partial charge on any atom is 0.349 e. The fourth-order valence-corrected chi connectivity index (χ4v) is 5.93. The number of methoxy groups -OCH3 is 1. The number of anilines is 2. The zero-order valence-electron chi connectivity index (χ0n) is 22.2. The lowest BCUT2D eigenvalue weighted by atomic mass is 9.79. The maximum atomic E-state index is 11.6. The van der Waals surface area contributed by atoms with Crippen molar-refractivity contribution < 1.29 is 9.53 Å². The van der Waals surface area contributed by atoms with Gasteiger partial charge in [0.25, 0.3) is 5.95 Å². The summed E-state index contributed by atoms with van der Waals surface area (Å²) in [5.41, 5.74) is -0.0887. The van der Waals surface area contributed by atoms with Gasteiger partial charge in [-0.15, -0.1) is 0 Å². The number of ether oxygens (including phenoxy) is 1. The molecule has 3 heterocycles. The Hall–Kier alpha value is -2.33. The quantitative estimate of drug-likeness (QED) is 0.363. The first-order valence-electron chi connectivity index (χ1n) is 12.1. The normalized spacial score (nSPS) is 24.0. The Bertz CT molecular complexity index is 835. The number of hydrogen-bond donors (Lipinski definition) is 4. The van der Waals surface area contributed by atoms with E-state index in [2.05, 4.69) is 101 Å². The molecule has 4 N–H and O–H groups in total. The summed E-state index contributed by atoms with van der Waals surface area (Å²) in [5.74, 6) is 0.486. The number of piperidine rings is 2. The molecule has 0 spiro atoms. The average Bonchev–Trinajstić information content (AvgIpc) is 2.60. The van der Waals surface area contributed by atoms with E-state index in [1.165, 1.54) is 7.11 Å². The number of carbonyl (C=O) groups excluding carboxylic acids is 1. The molecule has 0 saturated carbocycles. The minimum atomic E-state index is -0.562. The summed E-state index contributed by atoms with van der Waals surface area (Å²) < 4.78 is 4.66. The van der Waals surface area contributed by atoms with Crippen molar-refractivity contribution >= 4 is 30.0 Å².